The Morgan fingerprint density at radius 1 is 1.03 bits per heavy atom. The Morgan fingerprint density at radius 2 is 1.76 bits per heavy atom. The van der Waals surface area contributed by atoms with Gasteiger partial charge in [0, 0.05) is 22.7 Å². The lowest BCUT2D eigenvalue weighted by Gasteiger charge is -2.11. The van der Waals surface area contributed by atoms with Gasteiger partial charge in [-0.25, -0.2) is 4.79 Å². The lowest BCUT2D eigenvalue weighted by Crippen LogP contribution is -1.99. The highest BCUT2D eigenvalue weighted by atomic mass is 35.5. The summed E-state index contributed by atoms with van der Waals surface area (Å²) in [6.45, 7) is 0.217. The second kappa shape index (κ2) is 9.58. The van der Waals surface area contributed by atoms with Crippen molar-refractivity contribution in [3.63, 3.8) is 0 Å². The molecule has 0 aromatic heterocycles. The van der Waals surface area contributed by atoms with E-state index < -0.39 is 10.9 Å². The molecule has 1 heterocycles. The molecule has 0 saturated heterocycles. The number of hydrogen-bond donors (Lipinski definition) is 0. The van der Waals surface area contributed by atoms with Crippen LogP contribution in [0.2, 0.25) is 5.02 Å². The van der Waals surface area contributed by atoms with Crippen LogP contribution in [0.3, 0.4) is 0 Å². The Labute approximate surface area is 194 Å². The summed E-state index contributed by atoms with van der Waals surface area (Å²) in [5.41, 5.74) is 2.69. The quantitative estimate of drug-likeness (QED) is 0.190. The van der Waals surface area contributed by atoms with Crippen molar-refractivity contribution >= 4 is 35.1 Å². The van der Waals surface area contributed by atoms with Gasteiger partial charge in [-0.1, -0.05) is 17.7 Å². The summed E-state index contributed by atoms with van der Waals surface area (Å²) < 4.78 is 16.6. The maximum atomic E-state index is 12.3. The number of benzene rings is 3. The van der Waals surface area contributed by atoms with Crippen molar-refractivity contribution in [1.82, 2.24) is 0 Å². The number of ether oxygens (including phenoxy) is 3. The third kappa shape index (κ3) is 5.22. The molecule has 0 bridgehead atoms. The number of carbonyl (C=O) groups is 1. The van der Waals surface area contributed by atoms with Crippen LogP contribution in [-0.4, -0.2) is 18.0 Å². The van der Waals surface area contributed by atoms with Crippen molar-refractivity contribution in [2.45, 2.75) is 6.61 Å². The van der Waals surface area contributed by atoms with E-state index in [1.807, 2.05) is 0 Å². The normalized spacial score (nSPS) is 14.1. The van der Waals surface area contributed by atoms with E-state index in [1.165, 1.54) is 19.2 Å². The summed E-state index contributed by atoms with van der Waals surface area (Å²) in [5.74, 6) is 0.999. The number of methoxy groups -OCH3 is 1. The Balaban J connectivity index is 1.50. The minimum atomic E-state index is -0.450. The molecule has 0 radical (unpaired) electrons. The molecule has 1 aliphatic heterocycles. The van der Waals surface area contributed by atoms with Crippen molar-refractivity contribution in [1.29, 1.82) is 0 Å². The van der Waals surface area contributed by atoms with Crippen LogP contribution in [0.25, 0.3) is 11.8 Å². The first-order chi connectivity index (χ1) is 15.9. The molecule has 0 N–H and O–H groups in total. The molecular weight excluding hydrogens is 446 g/mol. The molecule has 0 saturated carbocycles. The lowest BCUT2D eigenvalue weighted by atomic mass is 10.1. The SMILES string of the molecule is COc1cc(/C=C2\C=C(c3ccc(Cl)cc3)OC2=O)ccc1OCc1ccc([N+](=O)[O-])cc1. The first-order valence-electron chi connectivity index (χ1n) is 9.88. The average molecular weight is 464 g/mol. The number of non-ortho nitro benzene ring substituents is 1. The van der Waals surface area contributed by atoms with Crippen LogP contribution in [0.1, 0.15) is 16.7 Å². The lowest BCUT2D eigenvalue weighted by molar-refractivity contribution is -0.384. The number of cyclic esters (lactones) is 1. The van der Waals surface area contributed by atoms with Gasteiger partial charge in [0.2, 0.25) is 0 Å². The summed E-state index contributed by atoms with van der Waals surface area (Å²) >= 11 is 5.91. The molecule has 0 amide bonds. The Hall–Kier alpha value is -4.10. The summed E-state index contributed by atoms with van der Waals surface area (Å²) in [6.07, 6.45) is 3.38. The molecule has 3 aromatic rings. The fraction of sp³-hybridized carbons (Fsp3) is 0.0800. The topological polar surface area (TPSA) is 87.9 Å². The van der Waals surface area contributed by atoms with Crippen LogP contribution >= 0.6 is 11.6 Å². The molecule has 0 spiro atoms. The van der Waals surface area contributed by atoms with E-state index in [9.17, 15) is 14.9 Å². The number of hydrogen-bond acceptors (Lipinski definition) is 6. The van der Waals surface area contributed by atoms with Crippen LogP contribution < -0.4 is 9.47 Å². The average Bonchev–Trinajstić information content (AvgIpc) is 3.18. The number of carbonyl (C=O) groups excluding carboxylic acids is 1. The van der Waals surface area contributed by atoms with E-state index in [0.717, 1.165) is 16.7 Å². The molecule has 0 unspecified atom stereocenters. The zero-order chi connectivity index (χ0) is 23.4. The number of halogens is 1. The van der Waals surface area contributed by atoms with Gasteiger partial charge in [0.05, 0.1) is 17.6 Å². The standard InChI is InChI=1S/C25H18ClNO6/c1-31-24-13-17(4-11-22(24)32-15-16-2-9-21(10-3-16)27(29)30)12-19-14-23(33-25(19)28)18-5-7-20(26)8-6-18/h2-14H,15H2,1H3/b19-12+. The van der Waals surface area contributed by atoms with Gasteiger partial charge in [-0.15, -0.1) is 0 Å². The second-order valence-electron chi connectivity index (χ2n) is 7.13. The van der Waals surface area contributed by atoms with E-state index >= 15 is 0 Å². The van der Waals surface area contributed by atoms with Gasteiger partial charge in [-0.2, -0.15) is 0 Å². The van der Waals surface area contributed by atoms with Crippen molar-refractivity contribution < 1.29 is 23.9 Å². The van der Waals surface area contributed by atoms with Gasteiger partial charge in [-0.05, 0) is 71.8 Å². The van der Waals surface area contributed by atoms with E-state index in [4.69, 9.17) is 25.8 Å². The monoisotopic (exact) mass is 463 g/mol. The second-order valence-corrected chi connectivity index (χ2v) is 7.56. The third-order valence-electron chi connectivity index (χ3n) is 4.91. The molecule has 0 atom stereocenters. The van der Waals surface area contributed by atoms with Crippen LogP contribution in [0.15, 0.2) is 78.4 Å². The van der Waals surface area contributed by atoms with E-state index in [1.54, 1.807) is 66.7 Å². The molecule has 1 aliphatic rings. The predicted octanol–water partition coefficient (Wildman–Crippen LogP) is 5.82. The number of rotatable bonds is 7. The fourth-order valence-electron chi connectivity index (χ4n) is 3.19. The smallest absolute Gasteiger partial charge is 0.343 e. The maximum Gasteiger partial charge on any atom is 0.343 e. The number of nitrogens with zero attached hydrogens (tertiary/aromatic N) is 1. The van der Waals surface area contributed by atoms with Gasteiger partial charge >= 0.3 is 5.97 Å². The van der Waals surface area contributed by atoms with Gasteiger partial charge in [-0.3, -0.25) is 10.1 Å². The Morgan fingerprint density at radius 3 is 2.42 bits per heavy atom. The number of nitro benzene ring substituents is 1. The van der Waals surface area contributed by atoms with E-state index in [2.05, 4.69) is 0 Å². The largest absolute Gasteiger partial charge is 0.493 e. The Bertz CT molecular complexity index is 1260. The molecule has 0 aliphatic carbocycles. The van der Waals surface area contributed by atoms with Gasteiger partial charge in [0.1, 0.15) is 12.4 Å². The summed E-state index contributed by atoms with van der Waals surface area (Å²) in [6, 6.07) is 18.4. The first kappa shape index (κ1) is 22.1. The highest BCUT2D eigenvalue weighted by Gasteiger charge is 2.22. The molecule has 7 nitrogen and oxygen atoms in total. The van der Waals surface area contributed by atoms with Crippen molar-refractivity contribution in [3.8, 4) is 11.5 Å². The molecular formula is C25H18ClNO6. The minimum Gasteiger partial charge on any atom is -0.493 e. The van der Waals surface area contributed by atoms with E-state index in [-0.39, 0.29) is 12.3 Å². The highest BCUT2D eigenvalue weighted by molar-refractivity contribution is 6.30. The number of esters is 1. The van der Waals surface area contributed by atoms with Gasteiger partial charge in [0.15, 0.2) is 11.5 Å². The van der Waals surface area contributed by atoms with Crippen LogP contribution in [0.5, 0.6) is 11.5 Å². The summed E-state index contributed by atoms with van der Waals surface area (Å²) in [4.78, 5) is 22.6. The maximum absolute atomic E-state index is 12.3. The van der Waals surface area contributed by atoms with Gasteiger partial charge in [0.25, 0.3) is 5.69 Å². The third-order valence-corrected chi connectivity index (χ3v) is 5.16. The molecule has 8 heteroatoms. The first-order valence-corrected chi connectivity index (χ1v) is 10.3. The van der Waals surface area contributed by atoms with Crippen LogP contribution in [-0.2, 0) is 16.1 Å². The predicted molar refractivity (Wildman–Crippen MR) is 124 cm³/mol. The molecule has 33 heavy (non-hydrogen) atoms. The summed E-state index contributed by atoms with van der Waals surface area (Å²) in [5, 5.41) is 11.4. The highest BCUT2D eigenvalue weighted by Crippen LogP contribution is 2.32. The molecule has 4 rings (SSSR count). The summed E-state index contributed by atoms with van der Waals surface area (Å²) in [7, 11) is 1.52. The molecule has 3 aromatic carbocycles. The Kier molecular flexibility index (Phi) is 6.42. The van der Waals surface area contributed by atoms with Crippen molar-refractivity contribution in [2.75, 3.05) is 7.11 Å². The molecule has 0 fully saturated rings. The molecule has 166 valence electrons. The van der Waals surface area contributed by atoms with E-state index in [0.29, 0.717) is 27.9 Å². The number of nitro groups is 1. The minimum absolute atomic E-state index is 0.0208. The van der Waals surface area contributed by atoms with Crippen molar-refractivity contribution in [2.24, 2.45) is 0 Å². The van der Waals surface area contributed by atoms with Crippen LogP contribution in [0, 0.1) is 10.1 Å². The van der Waals surface area contributed by atoms with Crippen LogP contribution in [0.4, 0.5) is 5.69 Å². The van der Waals surface area contributed by atoms with Crippen molar-refractivity contribution in [3.05, 3.63) is 110 Å². The zero-order valence-corrected chi connectivity index (χ0v) is 18.2. The zero-order valence-electron chi connectivity index (χ0n) is 17.5. The van der Waals surface area contributed by atoms with Gasteiger partial charge < -0.3 is 14.2 Å². The fourth-order valence-corrected chi connectivity index (χ4v) is 3.32.